The van der Waals surface area contributed by atoms with Crippen molar-refractivity contribution in [2.45, 2.75) is 20.8 Å². The van der Waals surface area contributed by atoms with Gasteiger partial charge in [-0.25, -0.2) is 9.36 Å². The second-order valence-corrected chi connectivity index (χ2v) is 6.52. The molecule has 3 aromatic rings. The standard InChI is InChI=1S/C23H24N4O3/c1-5-16(3)14-20(28)18(6-2)26-15-21(30-4)23(29)22(25-26)19-12-13-24-27(19)17-10-8-7-9-11-17/h5-15,28H,1-4H3/b16-5-,18-6+,20-14+. The molecule has 1 N–H and O–H groups in total. The molecule has 0 spiro atoms. The Morgan fingerprint density at radius 2 is 1.87 bits per heavy atom. The molecule has 154 valence electrons. The molecule has 0 radical (unpaired) electrons. The predicted molar refractivity (Wildman–Crippen MR) is 118 cm³/mol. The van der Waals surface area contributed by atoms with Gasteiger partial charge in [0.15, 0.2) is 11.4 Å². The lowest BCUT2D eigenvalue weighted by Crippen LogP contribution is -2.18. The summed E-state index contributed by atoms with van der Waals surface area (Å²) in [5.41, 5.74) is 2.41. The number of methoxy groups -OCH3 is 1. The minimum atomic E-state index is -0.366. The number of rotatable bonds is 6. The summed E-state index contributed by atoms with van der Waals surface area (Å²) in [7, 11) is 1.42. The Kier molecular flexibility index (Phi) is 6.32. The highest BCUT2D eigenvalue weighted by Crippen LogP contribution is 2.22. The molecule has 0 atom stereocenters. The van der Waals surface area contributed by atoms with Gasteiger partial charge in [0, 0.05) is 0 Å². The number of nitrogens with zero attached hydrogens (tertiary/aromatic N) is 4. The highest BCUT2D eigenvalue weighted by molar-refractivity contribution is 5.64. The lowest BCUT2D eigenvalue weighted by atomic mass is 10.2. The van der Waals surface area contributed by atoms with Gasteiger partial charge in [-0.2, -0.15) is 10.2 Å². The van der Waals surface area contributed by atoms with Crippen LogP contribution in [0.1, 0.15) is 20.8 Å². The van der Waals surface area contributed by atoms with Gasteiger partial charge in [-0.3, -0.25) is 4.79 Å². The lowest BCUT2D eigenvalue weighted by molar-refractivity contribution is 0.403. The largest absolute Gasteiger partial charge is 0.506 e. The molecule has 30 heavy (non-hydrogen) atoms. The molecule has 2 aromatic heterocycles. The van der Waals surface area contributed by atoms with E-state index < -0.39 is 0 Å². The van der Waals surface area contributed by atoms with Crippen molar-refractivity contribution in [3.63, 3.8) is 0 Å². The Labute approximate surface area is 174 Å². The highest BCUT2D eigenvalue weighted by atomic mass is 16.5. The zero-order valence-electron chi connectivity index (χ0n) is 17.4. The molecule has 0 saturated carbocycles. The number of aliphatic hydroxyl groups is 1. The number of aromatic nitrogens is 4. The maximum absolute atomic E-state index is 13.0. The van der Waals surface area contributed by atoms with Crippen LogP contribution in [0.3, 0.4) is 0 Å². The second-order valence-electron chi connectivity index (χ2n) is 6.52. The van der Waals surface area contributed by atoms with E-state index in [0.717, 1.165) is 11.3 Å². The molecule has 0 saturated heterocycles. The zero-order valence-corrected chi connectivity index (χ0v) is 17.4. The van der Waals surface area contributed by atoms with Crippen molar-refractivity contribution < 1.29 is 9.84 Å². The van der Waals surface area contributed by atoms with Crippen LogP contribution < -0.4 is 10.2 Å². The fraction of sp³-hybridized carbons (Fsp3) is 0.174. The summed E-state index contributed by atoms with van der Waals surface area (Å²) in [6.07, 6.45) is 8.29. The fourth-order valence-electron chi connectivity index (χ4n) is 2.93. The molecule has 0 bridgehead atoms. The van der Waals surface area contributed by atoms with Crippen molar-refractivity contribution in [1.29, 1.82) is 0 Å². The maximum atomic E-state index is 13.0. The third-order valence-corrected chi connectivity index (χ3v) is 4.59. The number of para-hydroxylation sites is 1. The van der Waals surface area contributed by atoms with Gasteiger partial charge in [0.1, 0.15) is 11.5 Å². The van der Waals surface area contributed by atoms with Crippen molar-refractivity contribution in [2.24, 2.45) is 0 Å². The minimum absolute atomic E-state index is 0.0221. The lowest BCUT2D eigenvalue weighted by Gasteiger charge is -2.14. The first-order valence-electron chi connectivity index (χ1n) is 9.48. The van der Waals surface area contributed by atoms with Crippen molar-refractivity contribution >= 4 is 5.70 Å². The molecule has 7 nitrogen and oxygen atoms in total. The van der Waals surface area contributed by atoms with E-state index in [1.54, 1.807) is 36.0 Å². The van der Waals surface area contributed by atoms with E-state index in [2.05, 4.69) is 10.2 Å². The molecule has 0 aliphatic carbocycles. The first-order valence-corrected chi connectivity index (χ1v) is 9.48. The topological polar surface area (TPSA) is 82.2 Å². The van der Waals surface area contributed by atoms with Gasteiger partial charge in [0.25, 0.3) is 5.43 Å². The molecule has 7 heteroatoms. The molecule has 2 heterocycles. The molecular formula is C23H24N4O3. The highest BCUT2D eigenvalue weighted by Gasteiger charge is 2.19. The van der Waals surface area contributed by atoms with Crippen molar-refractivity contribution in [2.75, 3.05) is 7.11 Å². The molecule has 0 unspecified atom stereocenters. The molecule has 0 fully saturated rings. The normalized spacial score (nSPS) is 12.9. The van der Waals surface area contributed by atoms with E-state index in [0.29, 0.717) is 11.4 Å². The summed E-state index contributed by atoms with van der Waals surface area (Å²) in [4.78, 5) is 13.0. The van der Waals surface area contributed by atoms with Gasteiger partial charge < -0.3 is 9.84 Å². The molecule has 0 aliphatic heterocycles. The van der Waals surface area contributed by atoms with Crippen LogP contribution in [-0.2, 0) is 0 Å². The second kappa shape index (κ2) is 9.09. The Bertz CT molecular complexity index is 1180. The van der Waals surface area contributed by atoms with E-state index >= 15 is 0 Å². The molecule has 3 rings (SSSR count). The van der Waals surface area contributed by atoms with Gasteiger partial charge in [0.05, 0.1) is 30.9 Å². The number of aliphatic hydroxyl groups excluding tert-OH is 1. The monoisotopic (exact) mass is 404 g/mol. The van der Waals surface area contributed by atoms with Gasteiger partial charge in [-0.1, -0.05) is 35.9 Å². The fourth-order valence-corrected chi connectivity index (χ4v) is 2.93. The van der Waals surface area contributed by atoms with E-state index in [-0.39, 0.29) is 22.6 Å². The average molecular weight is 404 g/mol. The Morgan fingerprint density at radius 3 is 2.50 bits per heavy atom. The van der Waals surface area contributed by atoms with Crippen LogP contribution in [0.4, 0.5) is 0 Å². The van der Waals surface area contributed by atoms with Gasteiger partial charge >= 0.3 is 0 Å². The van der Waals surface area contributed by atoms with E-state index in [4.69, 9.17) is 4.74 Å². The number of ether oxygens (including phenoxy) is 1. The Morgan fingerprint density at radius 1 is 1.13 bits per heavy atom. The van der Waals surface area contributed by atoms with E-state index in [1.165, 1.54) is 18.0 Å². The number of hydrogen-bond acceptors (Lipinski definition) is 5. The smallest absolute Gasteiger partial charge is 0.251 e. The first kappa shape index (κ1) is 20.9. The summed E-state index contributed by atoms with van der Waals surface area (Å²) in [6, 6.07) is 11.2. The van der Waals surface area contributed by atoms with E-state index in [9.17, 15) is 9.90 Å². The summed E-state index contributed by atoms with van der Waals surface area (Å²) in [6.45, 7) is 5.55. The van der Waals surface area contributed by atoms with Crippen LogP contribution in [0.15, 0.2) is 83.1 Å². The maximum Gasteiger partial charge on any atom is 0.251 e. The molecule has 0 amide bonds. The van der Waals surface area contributed by atoms with E-state index in [1.807, 2.05) is 50.3 Å². The number of benzene rings is 1. The van der Waals surface area contributed by atoms with Crippen molar-refractivity contribution in [1.82, 2.24) is 19.6 Å². The average Bonchev–Trinajstić information content (AvgIpc) is 3.25. The Hall–Kier alpha value is -3.87. The first-order chi connectivity index (χ1) is 14.5. The van der Waals surface area contributed by atoms with Crippen molar-refractivity contribution in [3.8, 4) is 22.8 Å². The SMILES string of the molecule is C\C=C(C)/C=C(O)\C(=C/C)n1cc(OC)c(=O)c(-c2ccnn2-c2ccccc2)n1. The molecule has 1 aromatic carbocycles. The van der Waals surface area contributed by atoms with Crippen LogP contribution in [0.5, 0.6) is 5.75 Å². The van der Waals surface area contributed by atoms with Crippen LogP contribution in [0.25, 0.3) is 22.8 Å². The zero-order chi connectivity index (χ0) is 21.7. The van der Waals surface area contributed by atoms with Gasteiger partial charge in [0.2, 0.25) is 0 Å². The molecular weight excluding hydrogens is 380 g/mol. The summed E-state index contributed by atoms with van der Waals surface area (Å²) in [5, 5.41) is 19.5. The van der Waals surface area contributed by atoms with Crippen LogP contribution in [0, 0.1) is 0 Å². The van der Waals surface area contributed by atoms with Gasteiger partial charge in [-0.05, 0) is 45.0 Å². The third-order valence-electron chi connectivity index (χ3n) is 4.59. The Balaban J connectivity index is 2.21. The van der Waals surface area contributed by atoms with Gasteiger partial charge in [-0.15, -0.1) is 0 Å². The quantitative estimate of drug-likeness (QED) is 0.487. The van der Waals surface area contributed by atoms with Crippen LogP contribution in [-0.4, -0.2) is 31.8 Å². The van der Waals surface area contributed by atoms with Crippen molar-refractivity contribution in [3.05, 3.63) is 88.6 Å². The summed E-state index contributed by atoms with van der Waals surface area (Å²) in [5.74, 6) is 0.129. The van der Waals surface area contributed by atoms with Crippen LogP contribution >= 0.6 is 0 Å². The number of hydrogen-bond donors (Lipinski definition) is 1. The van der Waals surface area contributed by atoms with Crippen LogP contribution in [0.2, 0.25) is 0 Å². The summed E-state index contributed by atoms with van der Waals surface area (Å²) >= 11 is 0. The summed E-state index contributed by atoms with van der Waals surface area (Å²) < 4.78 is 8.38. The predicted octanol–water partition coefficient (Wildman–Crippen LogP) is 4.37. The minimum Gasteiger partial charge on any atom is -0.506 e. The number of allylic oxidation sites excluding steroid dienone is 5. The molecule has 0 aliphatic rings. The third kappa shape index (κ3) is 4.10.